The van der Waals surface area contributed by atoms with Gasteiger partial charge in [-0.1, -0.05) is 6.07 Å². The fourth-order valence-electron chi connectivity index (χ4n) is 6.37. The van der Waals surface area contributed by atoms with Gasteiger partial charge in [0.2, 0.25) is 5.91 Å². The zero-order chi connectivity index (χ0) is 24.8. The second-order valence-corrected chi connectivity index (χ2v) is 11.7. The molecule has 0 aliphatic heterocycles. The molecule has 4 aliphatic rings. The fraction of sp³-hybridized carbons (Fsp3) is 0.417. The van der Waals surface area contributed by atoms with Crippen LogP contribution in [0.3, 0.4) is 0 Å². The van der Waals surface area contributed by atoms with Gasteiger partial charge in [-0.25, -0.2) is 8.42 Å². The van der Waals surface area contributed by atoms with Gasteiger partial charge in [0.15, 0.2) is 0 Å². The first-order chi connectivity index (χ1) is 16.6. The second kappa shape index (κ2) is 8.63. The number of amides is 2. The Balaban J connectivity index is 1.20. The molecule has 10 nitrogen and oxygen atoms in total. The van der Waals surface area contributed by atoms with Crippen molar-refractivity contribution >= 4 is 33.2 Å². The molecule has 0 radical (unpaired) electrons. The first kappa shape index (κ1) is 23.3. The maximum Gasteiger partial charge on any atom is 0.270 e. The largest absolute Gasteiger partial charge is 0.280 e. The lowest BCUT2D eigenvalue weighted by atomic mass is 9.49. The van der Waals surface area contributed by atoms with Crippen molar-refractivity contribution in [3.8, 4) is 0 Å². The minimum absolute atomic E-state index is 0.119. The van der Waals surface area contributed by atoms with E-state index in [2.05, 4.69) is 15.6 Å². The summed E-state index contributed by atoms with van der Waals surface area (Å²) in [5.41, 5.74) is 4.83. The van der Waals surface area contributed by atoms with Crippen LogP contribution < -0.4 is 15.6 Å². The summed E-state index contributed by atoms with van der Waals surface area (Å²) < 4.78 is 27.5. The van der Waals surface area contributed by atoms with Crippen LogP contribution in [0, 0.1) is 33.3 Å². The quantitative estimate of drug-likeness (QED) is 0.411. The summed E-state index contributed by atoms with van der Waals surface area (Å²) in [5.74, 6) is 1.21. The molecule has 0 heterocycles. The molecule has 0 atom stereocenters. The van der Waals surface area contributed by atoms with Crippen LogP contribution in [0.4, 0.5) is 11.4 Å². The zero-order valence-electron chi connectivity index (χ0n) is 18.9. The van der Waals surface area contributed by atoms with E-state index in [1.807, 2.05) is 0 Å². The van der Waals surface area contributed by atoms with Gasteiger partial charge in [0.25, 0.3) is 21.6 Å². The third kappa shape index (κ3) is 4.60. The van der Waals surface area contributed by atoms with Gasteiger partial charge in [0.1, 0.15) is 0 Å². The van der Waals surface area contributed by atoms with Crippen molar-refractivity contribution in [2.24, 2.45) is 23.2 Å². The highest BCUT2D eigenvalue weighted by Gasteiger charge is 2.54. The smallest absolute Gasteiger partial charge is 0.270 e. The molecule has 4 saturated carbocycles. The van der Waals surface area contributed by atoms with Crippen molar-refractivity contribution in [1.29, 1.82) is 0 Å². The van der Waals surface area contributed by atoms with E-state index in [0.717, 1.165) is 25.3 Å². The predicted octanol–water partition coefficient (Wildman–Crippen LogP) is 3.37. The van der Waals surface area contributed by atoms with E-state index in [1.54, 1.807) is 0 Å². The Morgan fingerprint density at radius 3 is 2.09 bits per heavy atom. The molecular weight excluding hydrogens is 472 g/mol. The molecule has 3 N–H and O–H groups in total. The molecule has 11 heteroatoms. The fourth-order valence-corrected chi connectivity index (χ4v) is 7.47. The number of carbonyl (C=O) groups is 2. The summed E-state index contributed by atoms with van der Waals surface area (Å²) in [7, 11) is -4.06. The first-order valence-electron chi connectivity index (χ1n) is 11.6. The lowest BCUT2D eigenvalue weighted by molar-refractivity contribution is -0.385. The number of anilines is 1. The number of hydrazine groups is 1. The molecular formula is C24H26N4O6S. The van der Waals surface area contributed by atoms with E-state index in [-0.39, 0.29) is 33.2 Å². The van der Waals surface area contributed by atoms with E-state index < -0.39 is 20.9 Å². The van der Waals surface area contributed by atoms with Crippen molar-refractivity contribution in [3.63, 3.8) is 0 Å². The number of nitro benzene ring substituents is 1. The minimum atomic E-state index is -4.06. The minimum Gasteiger partial charge on any atom is -0.280 e. The summed E-state index contributed by atoms with van der Waals surface area (Å²) in [6.07, 6.45) is 6.32. The Morgan fingerprint density at radius 2 is 1.51 bits per heavy atom. The van der Waals surface area contributed by atoms with Gasteiger partial charge in [-0.3, -0.25) is 35.3 Å². The zero-order valence-corrected chi connectivity index (χ0v) is 19.7. The SMILES string of the molecule is O=C(NNC(=O)C12CC3CC(CC(C3)C1)C2)c1ccc(NS(=O)(=O)c2cccc([N+](=O)[O-])c2)cc1. The molecule has 0 saturated heterocycles. The third-order valence-corrected chi connectivity index (χ3v) is 8.93. The molecule has 4 aliphatic carbocycles. The van der Waals surface area contributed by atoms with Crippen molar-refractivity contribution in [2.45, 2.75) is 43.4 Å². The van der Waals surface area contributed by atoms with Crippen LogP contribution in [0.5, 0.6) is 0 Å². The summed E-state index contributed by atoms with van der Waals surface area (Å²) >= 11 is 0. The number of hydrogen-bond donors (Lipinski definition) is 3. The van der Waals surface area contributed by atoms with Crippen molar-refractivity contribution in [1.82, 2.24) is 10.9 Å². The van der Waals surface area contributed by atoms with Crippen LogP contribution in [0.15, 0.2) is 53.4 Å². The van der Waals surface area contributed by atoms with Crippen molar-refractivity contribution in [3.05, 3.63) is 64.2 Å². The lowest BCUT2D eigenvalue weighted by Gasteiger charge is -2.55. The normalized spacial score (nSPS) is 26.7. The van der Waals surface area contributed by atoms with Crippen LogP contribution in [-0.4, -0.2) is 25.2 Å². The molecule has 2 aromatic carbocycles. The van der Waals surface area contributed by atoms with Crippen LogP contribution in [-0.2, 0) is 14.8 Å². The molecule has 6 rings (SSSR count). The molecule has 184 valence electrons. The Kier molecular flexibility index (Phi) is 5.74. The number of nitrogens with one attached hydrogen (secondary N) is 3. The first-order valence-corrected chi connectivity index (χ1v) is 13.1. The summed E-state index contributed by atoms with van der Waals surface area (Å²) in [4.78, 5) is 35.6. The van der Waals surface area contributed by atoms with Gasteiger partial charge < -0.3 is 0 Å². The molecule has 2 aromatic rings. The number of nitrogens with zero attached hydrogens (tertiary/aromatic N) is 1. The summed E-state index contributed by atoms with van der Waals surface area (Å²) in [6.45, 7) is 0. The van der Waals surface area contributed by atoms with Crippen LogP contribution >= 0.6 is 0 Å². The number of sulfonamides is 1. The van der Waals surface area contributed by atoms with Crippen LogP contribution in [0.25, 0.3) is 0 Å². The second-order valence-electron chi connectivity index (χ2n) is 10.0. The van der Waals surface area contributed by atoms with Crippen molar-refractivity contribution < 1.29 is 22.9 Å². The number of carbonyl (C=O) groups excluding carboxylic acids is 2. The average Bonchev–Trinajstić information content (AvgIpc) is 2.81. The molecule has 0 aromatic heterocycles. The summed E-state index contributed by atoms with van der Waals surface area (Å²) in [5, 5.41) is 10.9. The van der Waals surface area contributed by atoms with E-state index in [4.69, 9.17) is 0 Å². The van der Waals surface area contributed by atoms with Crippen LogP contribution in [0.2, 0.25) is 0 Å². The van der Waals surface area contributed by atoms with Crippen LogP contribution in [0.1, 0.15) is 48.9 Å². The lowest BCUT2D eigenvalue weighted by Crippen LogP contribution is -2.56. The highest BCUT2D eigenvalue weighted by molar-refractivity contribution is 7.92. The van der Waals surface area contributed by atoms with Gasteiger partial charge in [0.05, 0.1) is 15.2 Å². The summed E-state index contributed by atoms with van der Waals surface area (Å²) in [6, 6.07) is 10.4. The Hall–Kier alpha value is -3.47. The van der Waals surface area contributed by atoms with Gasteiger partial charge in [0, 0.05) is 23.4 Å². The predicted molar refractivity (Wildman–Crippen MR) is 127 cm³/mol. The maximum atomic E-state index is 13.0. The Bertz CT molecular complexity index is 1260. The van der Waals surface area contributed by atoms with E-state index >= 15 is 0 Å². The topological polar surface area (TPSA) is 148 Å². The van der Waals surface area contributed by atoms with E-state index in [1.165, 1.54) is 61.7 Å². The molecule has 0 spiro atoms. The molecule has 0 unspecified atom stereocenters. The van der Waals surface area contributed by atoms with Gasteiger partial charge >= 0.3 is 0 Å². The number of hydrogen-bond acceptors (Lipinski definition) is 6. The Morgan fingerprint density at radius 1 is 0.914 bits per heavy atom. The highest BCUT2D eigenvalue weighted by atomic mass is 32.2. The van der Waals surface area contributed by atoms with Gasteiger partial charge in [-0.05, 0) is 86.6 Å². The number of nitro groups is 1. The molecule has 35 heavy (non-hydrogen) atoms. The third-order valence-electron chi connectivity index (χ3n) is 7.55. The van der Waals surface area contributed by atoms with E-state index in [9.17, 15) is 28.1 Å². The Labute approximate surface area is 202 Å². The maximum absolute atomic E-state index is 13.0. The number of rotatable bonds is 6. The highest BCUT2D eigenvalue weighted by Crippen LogP contribution is 2.60. The molecule has 2 amide bonds. The van der Waals surface area contributed by atoms with Crippen molar-refractivity contribution in [2.75, 3.05) is 4.72 Å². The number of benzene rings is 2. The molecule has 4 fully saturated rings. The van der Waals surface area contributed by atoms with Gasteiger partial charge in [-0.2, -0.15) is 0 Å². The average molecular weight is 499 g/mol. The molecule has 4 bridgehead atoms. The van der Waals surface area contributed by atoms with E-state index in [0.29, 0.717) is 17.8 Å². The monoisotopic (exact) mass is 498 g/mol. The standard InChI is InChI=1S/C24H26N4O6S/c29-22(25-26-23(30)24-12-15-8-16(13-24)10-17(9-15)14-24)18-4-6-19(7-5-18)27-35(33,34)21-3-1-2-20(11-21)28(31)32/h1-7,11,15-17,27H,8-10,12-14H2,(H,25,29)(H,26,30). The van der Waals surface area contributed by atoms with Gasteiger partial charge in [-0.15, -0.1) is 0 Å². The number of non-ortho nitro benzene ring substituents is 1.